The first-order chi connectivity index (χ1) is 9.87. The lowest BCUT2D eigenvalue weighted by molar-refractivity contribution is 0.245. The molecule has 2 aromatic rings. The molecule has 1 aromatic carbocycles. The van der Waals surface area contributed by atoms with Crippen LogP contribution in [0.3, 0.4) is 0 Å². The first kappa shape index (κ1) is 15.5. The fraction of sp³-hybridized carbons (Fsp3) is 0.231. The van der Waals surface area contributed by atoms with E-state index in [4.69, 9.17) is 0 Å². The van der Waals surface area contributed by atoms with E-state index in [1.807, 2.05) is 23.9 Å². The van der Waals surface area contributed by atoms with E-state index in [1.54, 1.807) is 12.1 Å². The minimum atomic E-state index is -3.85. The highest BCUT2D eigenvalue weighted by molar-refractivity contribution is 7.90. The highest BCUT2D eigenvalue weighted by Crippen LogP contribution is 2.10. The number of carbonyl (C=O) groups is 1. The normalized spacial score (nSPS) is 11.1. The minimum absolute atomic E-state index is 0.0494. The van der Waals surface area contributed by atoms with Crippen LogP contribution in [0.2, 0.25) is 0 Å². The molecular formula is C13H15N3O3S2. The summed E-state index contributed by atoms with van der Waals surface area (Å²) in [7, 11) is -3.85. The van der Waals surface area contributed by atoms with E-state index in [9.17, 15) is 13.2 Å². The molecule has 0 bridgehead atoms. The Balaban J connectivity index is 1.96. The molecule has 0 unspecified atom stereocenters. The Morgan fingerprint density at radius 1 is 1.24 bits per heavy atom. The van der Waals surface area contributed by atoms with Gasteiger partial charge in [-0.3, -0.25) is 0 Å². The van der Waals surface area contributed by atoms with Gasteiger partial charge in [0, 0.05) is 11.1 Å². The average Bonchev–Trinajstić information content (AvgIpc) is 2.82. The maximum atomic E-state index is 12.0. The van der Waals surface area contributed by atoms with Gasteiger partial charge < -0.3 is 5.32 Å². The van der Waals surface area contributed by atoms with Crippen molar-refractivity contribution < 1.29 is 13.2 Å². The number of rotatable bonds is 4. The molecule has 0 atom stereocenters. The van der Waals surface area contributed by atoms with Crippen LogP contribution in [0.4, 0.5) is 4.79 Å². The molecule has 0 fully saturated rings. The summed E-state index contributed by atoms with van der Waals surface area (Å²) in [6.45, 7) is 3.89. The van der Waals surface area contributed by atoms with Crippen LogP contribution in [-0.4, -0.2) is 19.4 Å². The number of carbonyl (C=O) groups excluding carboxylic acids is 1. The van der Waals surface area contributed by atoms with Crippen LogP contribution in [0.1, 0.15) is 16.3 Å². The van der Waals surface area contributed by atoms with Crippen molar-refractivity contribution in [2.24, 2.45) is 0 Å². The molecule has 0 spiro atoms. The van der Waals surface area contributed by atoms with Crippen molar-refractivity contribution in [2.45, 2.75) is 25.3 Å². The summed E-state index contributed by atoms with van der Waals surface area (Å²) in [5.41, 5.74) is 1.81. The Morgan fingerprint density at radius 3 is 2.48 bits per heavy atom. The quantitative estimate of drug-likeness (QED) is 0.899. The first-order valence-electron chi connectivity index (χ1n) is 6.15. The van der Waals surface area contributed by atoms with Crippen LogP contribution < -0.4 is 10.0 Å². The van der Waals surface area contributed by atoms with E-state index in [0.29, 0.717) is 0 Å². The lowest BCUT2D eigenvalue weighted by Crippen LogP contribution is -2.39. The Bertz CT molecular complexity index is 736. The van der Waals surface area contributed by atoms with Crippen molar-refractivity contribution in [3.63, 3.8) is 0 Å². The number of nitrogens with one attached hydrogen (secondary N) is 2. The van der Waals surface area contributed by atoms with Crippen LogP contribution in [0, 0.1) is 13.8 Å². The maximum absolute atomic E-state index is 12.0. The van der Waals surface area contributed by atoms with Gasteiger partial charge in [0.25, 0.3) is 10.0 Å². The van der Waals surface area contributed by atoms with Gasteiger partial charge >= 0.3 is 6.03 Å². The maximum Gasteiger partial charge on any atom is 0.329 e. The van der Waals surface area contributed by atoms with Crippen LogP contribution in [-0.2, 0) is 16.6 Å². The first-order valence-corrected chi connectivity index (χ1v) is 8.51. The molecule has 0 aliphatic rings. The number of nitrogens with zero attached hydrogens (tertiary/aromatic N) is 1. The van der Waals surface area contributed by atoms with Crippen LogP contribution in [0.15, 0.2) is 34.5 Å². The van der Waals surface area contributed by atoms with Gasteiger partial charge in [0.15, 0.2) is 0 Å². The van der Waals surface area contributed by atoms with Crippen molar-refractivity contribution in [3.05, 3.63) is 45.9 Å². The predicted molar refractivity (Wildman–Crippen MR) is 80.6 cm³/mol. The summed E-state index contributed by atoms with van der Waals surface area (Å²) >= 11 is 1.40. The molecule has 1 heterocycles. The summed E-state index contributed by atoms with van der Waals surface area (Å²) < 4.78 is 25.9. The second kappa shape index (κ2) is 6.23. The van der Waals surface area contributed by atoms with Gasteiger partial charge in [-0.25, -0.2) is 22.9 Å². The third-order valence-corrected chi connectivity index (χ3v) is 4.94. The number of aryl methyl sites for hydroxylation is 2. The van der Waals surface area contributed by atoms with Crippen molar-refractivity contribution in [1.29, 1.82) is 0 Å². The third-order valence-electron chi connectivity index (χ3n) is 2.63. The van der Waals surface area contributed by atoms with Crippen molar-refractivity contribution in [2.75, 3.05) is 0 Å². The Hall–Kier alpha value is -1.93. The summed E-state index contributed by atoms with van der Waals surface area (Å²) in [6.07, 6.45) is 0. The molecule has 0 radical (unpaired) electrons. The van der Waals surface area contributed by atoms with Crippen LogP contribution in [0.25, 0.3) is 0 Å². The fourth-order valence-corrected chi connectivity index (χ4v) is 3.21. The number of amides is 2. The molecule has 8 heteroatoms. The zero-order valence-corrected chi connectivity index (χ0v) is 13.2. The molecule has 1 aromatic heterocycles. The Morgan fingerprint density at radius 2 is 1.90 bits per heavy atom. The number of urea groups is 1. The zero-order valence-electron chi connectivity index (χ0n) is 11.6. The number of hydrogen-bond acceptors (Lipinski definition) is 5. The van der Waals surface area contributed by atoms with Crippen molar-refractivity contribution in [3.8, 4) is 0 Å². The highest BCUT2D eigenvalue weighted by Gasteiger charge is 2.17. The predicted octanol–water partition coefficient (Wildman–Crippen LogP) is 1.95. The average molecular weight is 325 g/mol. The van der Waals surface area contributed by atoms with E-state index in [1.165, 1.54) is 23.5 Å². The van der Waals surface area contributed by atoms with Crippen molar-refractivity contribution in [1.82, 2.24) is 15.0 Å². The van der Waals surface area contributed by atoms with E-state index in [2.05, 4.69) is 10.3 Å². The fourth-order valence-electron chi connectivity index (χ4n) is 1.57. The molecule has 2 amide bonds. The molecule has 2 N–H and O–H groups in total. The topological polar surface area (TPSA) is 88.2 Å². The molecule has 0 saturated carbocycles. The molecule has 2 rings (SSSR count). The second-order valence-corrected chi connectivity index (χ2v) is 7.11. The summed E-state index contributed by atoms with van der Waals surface area (Å²) in [4.78, 5) is 15.9. The Labute approximate surface area is 127 Å². The number of aromatic nitrogens is 1. The van der Waals surface area contributed by atoms with Gasteiger partial charge in [0.05, 0.1) is 11.4 Å². The highest BCUT2D eigenvalue weighted by atomic mass is 32.2. The Kier molecular flexibility index (Phi) is 4.59. The SMILES string of the molecule is Cc1ccc(S(=O)(=O)NC(=O)NCc2nc(C)cs2)cc1. The van der Waals surface area contributed by atoms with Gasteiger partial charge in [0.2, 0.25) is 0 Å². The lowest BCUT2D eigenvalue weighted by atomic mass is 10.2. The number of sulfonamides is 1. The second-order valence-electron chi connectivity index (χ2n) is 4.48. The lowest BCUT2D eigenvalue weighted by Gasteiger charge is -2.08. The van der Waals surface area contributed by atoms with Gasteiger partial charge in [-0.1, -0.05) is 17.7 Å². The number of hydrogen-bond donors (Lipinski definition) is 2. The standard InChI is InChI=1S/C13H15N3O3S2/c1-9-3-5-11(6-4-9)21(18,19)16-13(17)14-7-12-15-10(2)8-20-12/h3-6,8H,7H2,1-2H3,(H2,14,16,17). The molecule has 112 valence electrons. The summed E-state index contributed by atoms with van der Waals surface area (Å²) in [5.74, 6) is 0. The molecule has 0 aliphatic carbocycles. The monoisotopic (exact) mass is 325 g/mol. The molecular weight excluding hydrogens is 310 g/mol. The molecule has 6 nitrogen and oxygen atoms in total. The van der Waals surface area contributed by atoms with E-state index >= 15 is 0 Å². The summed E-state index contributed by atoms with van der Waals surface area (Å²) in [5, 5.41) is 5.05. The largest absolute Gasteiger partial charge is 0.331 e. The van der Waals surface area contributed by atoms with E-state index in [-0.39, 0.29) is 11.4 Å². The van der Waals surface area contributed by atoms with Gasteiger partial charge in [-0.2, -0.15) is 0 Å². The number of benzene rings is 1. The molecule has 21 heavy (non-hydrogen) atoms. The van der Waals surface area contributed by atoms with Gasteiger partial charge in [-0.15, -0.1) is 11.3 Å². The smallest absolute Gasteiger partial charge is 0.329 e. The van der Waals surface area contributed by atoms with E-state index < -0.39 is 16.1 Å². The van der Waals surface area contributed by atoms with Crippen LogP contribution in [0.5, 0.6) is 0 Å². The molecule has 0 saturated heterocycles. The van der Waals surface area contributed by atoms with Crippen LogP contribution >= 0.6 is 11.3 Å². The minimum Gasteiger partial charge on any atom is -0.331 e. The molecule has 0 aliphatic heterocycles. The summed E-state index contributed by atoms with van der Waals surface area (Å²) in [6, 6.07) is 5.48. The van der Waals surface area contributed by atoms with Crippen molar-refractivity contribution >= 4 is 27.4 Å². The van der Waals surface area contributed by atoms with E-state index in [0.717, 1.165) is 16.3 Å². The van der Waals surface area contributed by atoms with Gasteiger partial charge in [-0.05, 0) is 26.0 Å². The number of thiazole rings is 1. The third kappa shape index (κ3) is 4.27. The van der Waals surface area contributed by atoms with Gasteiger partial charge in [0.1, 0.15) is 5.01 Å². The zero-order chi connectivity index (χ0) is 15.5.